The summed E-state index contributed by atoms with van der Waals surface area (Å²) < 4.78 is 10.6. The van der Waals surface area contributed by atoms with Crippen LogP contribution in [0, 0.1) is 0 Å². The molecule has 1 atom stereocenters. The van der Waals surface area contributed by atoms with Crippen LogP contribution in [0.5, 0.6) is 5.75 Å². The summed E-state index contributed by atoms with van der Waals surface area (Å²) in [5, 5.41) is 12.8. The number of furan rings is 1. The molecule has 0 aliphatic rings. The van der Waals surface area contributed by atoms with Gasteiger partial charge in [-0.3, -0.25) is 4.79 Å². The summed E-state index contributed by atoms with van der Waals surface area (Å²) in [4.78, 5) is 11.8. The molecule has 0 radical (unpaired) electrons. The third-order valence-electron chi connectivity index (χ3n) is 3.38. The molecule has 118 valence electrons. The summed E-state index contributed by atoms with van der Waals surface area (Å²) in [6.45, 7) is 3.61. The zero-order valence-corrected chi connectivity index (χ0v) is 12.8. The molecule has 0 saturated carbocycles. The Balaban J connectivity index is 1.78. The lowest BCUT2D eigenvalue weighted by Crippen LogP contribution is -2.40. The maximum absolute atomic E-state index is 11.8. The number of carbonyl (C=O) groups is 1. The zero-order chi connectivity index (χ0) is 16.0. The second-order valence-corrected chi connectivity index (χ2v) is 5.31. The van der Waals surface area contributed by atoms with Crippen molar-refractivity contribution in [2.75, 3.05) is 13.2 Å². The highest BCUT2D eigenvalue weighted by molar-refractivity contribution is 5.77. The number of ether oxygens (including phenoxy) is 1. The van der Waals surface area contributed by atoms with Gasteiger partial charge < -0.3 is 19.6 Å². The normalized spacial score (nSPS) is 13.4. The lowest BCUT2D eigenvalue weighted by Gasteiger charge is -2.21. The van der Waals surface area contributed by atoms with Gasteiger partial charge in [0.05, 0.1) is 12.8 Å². The van der Waals surface area contributed by atoms with E-state index in [1.807, 2.05) is 24.3 Å². The monoisotopic (exact) mass is 303 g/mol. The second-order valence-electron chi connectivity index (χ2n) is 5.31. The van der Waals surface area contributed by atoms with Crippen LogP contribution in [0.2, 0.25) is 0 Å². The minimum atomic E-state index is -1.25. The van der Waals surface area contributed by atoms with Crippen molar-refractivity contribution in [1.82, 2.24) is 5.32 Å². The number of hydrogen-bond donors (Lipinski definition) is 2. The minimum absolute atomic E-state index is 0.0531. The van der Waals surface area contributed by atoms with Crippen LogP contribution in [-0.4, -0.2) is 24.2 Å². The fourth-order valence-corrected chi connectivity index (χ4v) is 1.96. The van der Waals surface area contributed by atoms with E-state index >= 15 is 0 Å². The van der Waals surface area contributed by atoms with Gasteiger partial charge in [0.15, 0.2) is 6.61 Å². The first kappa shape index (κ1) is 16.1. The average molecular weight is 303 g/mol. The molecule has 1 aromatic heterocycles. The third kappa shape index (κ3) is 4.36. The first-order valence-corrected chi connectivity index (χ1v) is 7.26. The van der Waals surface area contributed by atoms with E-state index in [1.54, 1.807) is 19.1 Å². The van der Waals surface area contributed by atoms with Gasteiger partial charge in [-0.25, -0.2) is 0 Å². The van der Waals surface area contributed by atoms with E-state index in [9.17, 15) is 9.90 Å². The Morgan fingerprint density at radius 2 is 2.05 bits per heavy atom. The predicted octanol–water partition coefficient (Wildman–Crippen LogP) is 2.24. The minimum Gasteiger partial charge on any atom is -0.484 e. The Morgan fingerprint density at radius 3 is 2.64 bits per heavy atom. The highest BCUT2D eigenvalue weighted by Crippen LogP contribution is 2.19. The summed E-state index contributed by atoms with van der Waals surface area (Å²) in [7, 11) is 0. The molecule has 0 aliphatic heterocycles. The number of rotatable bonds is 7. The second kappa shape index (κ2) is 7.13. The Labute approximate surface area is 129 Å². The summed E-state index contributed by atoms with van der Waals surface area (Å²) >= 11 is 0. The van der Waals surface area contributed by atoms with Crippen molar-refractivity contribution in [2.45, 2.75) is 25.9 Å². The molecular formula is C17H21NO4. The molecule has 1 amide bonds. The highest BCUT2D eigenvalue weighted by atomic mass is 16.5. The van der Waals surface area contributed by atoms with E-state index in [2.05, 4.69) is 12.2 Å². The molecule has 2 N–H and O–H groups in total. The van der Waals surface area contributed by atoms with Crippen LogP contribution in [0.1, 0.15) is 25.2 Å². The molecule has 0 fully saturated rings. The largest absolute Gasteiger partial charge is 0.484 e. The molecule has 0 spiro atoms. The van der Waals surface area contributed by atoms with Crippen molar-refractivity contribution >= 4 is 5.91 Å². The third-order valence-corrected chi connectivity index (χ3v) is 3.38. The number of aryl methyl sites for hydroxylation is 1. The first-order valence-electron chi connectivity index (χ1n) is 7.26. The number of nitrogens with one attached hydrogen (secondary N) is 1. The maximum Gasteiger partial charge on any atom is 0.258 e. The van der Waals surface area contributed by atoms with E-state index in [0.29, 0.717) is 11.5 Å². The van der Waals surface area contributed by atoms with Crippen LogP contribution < -0.4 is 10.1 Å². The van der Waals surface area contributed by atoms with Crippen LogP contribution in [0.4, 0.5) is 0 Å². The molecule has 2 aromatic rings. The van der Waals surface area contributed by atoms with Gasteiger partial charge >= 0.3 is 0 Å². The number of benzene rings is 1. The zero-order valence-electron chi connectivity index (χ0n) is 12.8. The topological polar surface area (TPSA) is 71.7 Å². The molecule has 2 rings (SSSR count). The highest BCUT2D eigenvalue weighted by Gasteiger charge is 2.26. The lowest BCUT2D eigenvalue weighted by molar-refractivity contribution is -0.124. The van der Waals surface area contributed by atoms with E-state index in [0.717, 1.165) is 6.42 Å². The quantitative estimate of drug-likeness (QED) is 0.823. The number of aliphatic hydroxyl groups is 1. The molecule has 0 bridgehead atoms. The van der Waals surface area contributed by atoms with Crippen molar-refractivity contribution in [1.29, 1.82) is 0 Å². The van der Waals surface area contributed by atoms with Crippen molar-refractivity contribution in [2.24, 2.45) is 0 Å². The van der Waals surface area contributed by atoms with Gasteiger partial charge in [0.2, 0.25) is 0 Å². The van der Waals surface area contributed by atoms with Gasteiger partial charge in [0.1, 0.15) is 17.1 Å². The van der Waals surface area contributed by atoms with Crippen LogP contribution >= 0.6 is 0 Å². The smallest absolute Gasteiger partial charge is 0.258 e. The van der Waals surface area contributed by atoms with Gasteiger partial charge in [-0.2, -0.15) is 0 Å². The molecule has 22 heavy (non-hydrogen) atoms. The van der Waals surface area contributed by atoms with Gasteiger partial charge in [-0.15, -0.1) is 0 Å². The van der Waals surface area contributed by atoms with Gasteiger partial charge in [-0.05, 0) is 43.2 Å². The molecule has 0 saturated heterocycles. The number of hydrogen-bond acceptors (Lipinski definition) is 4. The Bertz CT molecular complexity index is 588. The van der Waals surface area contributed by atoms with Crippen LogP contribution in [0.25, 0.3) is 0 Å². The summed E-state index contributed by atoms with van der Waals surface area (Å²) in [6, 6.07) is 11.0. The predicted molar refractivity (Wildman–Crippen MR) is 82.6 cm³/mol. The summed E-state index contributed by atoms with van der Waals surface area (Å²) in [5.74, 6) is 0.750. The first-order chi connectivity index (χ1) is 10.5. The van der Waals surface area contributed by atoms with E-state index in [-0.39, 0.29) is 19.1 Å². The Morgan fingerprint density at radius 1 is 1.32 bits per heavy atom. The van der Waals surface area contributed by atoms with Crippen molar-refractivity contribution in [3.63, 3.8) is 0 Å². The van der Waals surface area contributed by atoms with Crippen molar-refractivity contribution < 1.29 is 19.1 Å². The SMILES string of the molecule is CCc1ccc(OCC(=O)NCC(C)(O)c2ccco2)cc1. The molecule has 0 aliphatic carbocycles. The van der Waals surface area contributed by atoms with E-state index < -0.39 is 5.60 Å². The average Bonchev–Trinajstić information content (AvgIpc) is 3.07. The van der Waals surface area contributed by atoms with E-state index in [1.165, 1.54) is 11.8 Å². The van der Waals surface area contributed by atoms with Crippen LogP contribution in [0.3, 0.4) is 0 Å². The summed E-state index contributed by atoms with van der Waals surface area (Å²) in [5.41, 5.74) is -0.0339. The fraction of sp³-hybridized carbons (Fsp3) is 0.353. The van der Waals surface area contributed by atoms with Crippen molar-refractivity contribution in [3.8, 4) is 5.75 Å². The van der Waals surface area contributed by atoms with Gasteiger partial charge in [-0.1, -0.05) is 19.1 Å². The van der Waals surface area contributed by atoms with Gasteiger partial charge in [0, 0.05) is 0 Å². The fourth-order valence-electron chi connectivity index (χ4n) is 1.96. The Kier molecular flexibility index (Phi) is 5.22. The number of amides is 1. The van der Waals surface area contributed by atoms with Crippen molar-refractivity contribution in [3.05, 3.63) is 54.0 Å². The molecule has 1 unspecified atom stereocenters. The van der Waals surface area contributed by atoms with Crippen LogP contribution in [-0.2, 0) is 16.8 Å². The summed E-state index contributed by atoms with van der Waals surface area (Å²) in [6.07, 6.45) is 2.44. The standard InChI is InChI=1S/C17H21NO4/c1-3-13-6-8-14(9-7-13)22-11-16(19)18-12-17(2,20)15-5-4-10-21-15/h4-10,20H,3,11-12H2,1-2H3,(H,18,19). The molecule has 1 heterocycles. The van der Waals surface area contributed by atoms with Gasteiger partial charge in [0.25, 0.3) is 5.91 Å². The molecule has 5 nitrogen and oxygen atoms in total. The maximum atomic E-state index is 11.8. The lowest BCUT2D eigenvalue weighted by atomic mass is 10.0. The Hall–Kier alpha value is -2.27. The molecule has 1 aromatic carbocycles. The number of carbonyl (C=O) groups excluding carboxylic acids is 1. The van der Waals surface area contributed by atoms with Crippen LogP contribution in [0.15, 0.2) is 47.1 Å². The van der Waals surface area contributed by atoms with E-state index in [4.69, 9.17) is 9.15 Å². The molecular weight excluding hydrogens is 282 g/mol. The molecule has 5 heteroatoms.